The van der Waals surface area contributed by atoms with Crippen LogP contribution in [0.25, 0.3) is 0 Å². The number of carbonyl (C=O) groups is 1. The second-order valence-corrected chi connectivity index (χ2v) is 5.95. The molecule has 3 heteroatoms. The summed E-state index contributed by atoms with van der Waals surface area (Å²) < 4.78 is 0. The van der Waals surface area contributed by atoms with Crippen molar-refractivity contribution < 1.29 is 9.63 Å². The summed E-state index contributed by atoms with van der Waals surface area (Å²) in [5.41, 5.74) is 2.77. The number of carbonyl (C=O) groups excluding carboxylic acids is 1. The quantitative estimate of drug-likeness (QED) is 0.845. The zero-order chi connectivity index (χ0) is 13.8. The highest BCUT2D eigenvalue weighted by molar-refractivity contribution is 5.70. The number of fused-ring (bicyclic) bond motifs is 1. The van der Waals surface area contributed by atoms with E-state index in [1.807, 2.05) is 5.06 Å². The van der Waals surface area contributed by atoms with Gasteiger partial charge in [-0.1, -0.05) is 30.7 Å². The molecule has 0 saturated carbocycles. The molecular weight excluding hydrogens is 250 g/mol. The van der Waals surface area contributed by atoms with Crippen molar-refractivity contribution in [2.75, 3.05) is 13.1 Å². The van der Waals surface area contributed by atoms with Crippen molar-refractivity contribution in [3.8, 4) is 0 Å². The largest absolute Gasteiger partial charge is 0.368 e. The SMILES string of the molecule is O=C(CC1CCCc2ccccc21)ON1CCCCC1. The first-order chi connectivity index (χ1) is 9.83. The molecule has 0 N–H and O–H groups in total. The summed E-state index contributed by atoms with van der Waals surface area (Å²) in [6.45, 7) is 1.79. The van der Waals surface area contributed by atoms with E-state index < -0.39 is 0 Å². The summed E-state index contributed by atoms with van der Waals surface area (Å²) in [6.07, 6.45) is 7.48. The summed E-state index contributed by atoms with van der Waals surface area (Å²) >= 11 is 0. The highest BCUT2D eigenvalue weighted by Gasteiger charge is 2.24. The Morgan fingerprint density at radius 1 is 1.15 bits per heavy atom. The highest BCUT2D eigenvalue weighted by Crippen LogP contribution is 2.34. The normalized spacial score (nSPS) is 23.1. The lowest BCUT2D eigenvalue weighted by Crippen LogP contribution is -2.33. The maximum atomic E-state index is 12.1. The van der Waals surface area contributed by atoms with Gasteiger partial charge in [0.05, 0.1) is 6.42 Å². The van der Waals surface area contributed by atoms with Gasteiger partial charge in [0.2, 0.25) is 0 Å². The fourth-order valence-electron chi connectivity index (χ4n) is 3.41. The molecule has 1 atom stereocenters. The monoisotopic (exact) mass is 273 g/mol. The molecule has 0 spiro atoms. The van der Waals surface area contributed by atoms with E-state index in [1.165, 1.54) is 24.0 Å². The molecule has 3 nitrogen and oxygen atoms in total. The van der Waals surface area contributed by atoms with Crippen LogP contribution in [0.3, 0.4) is 0 Å². The Hall–Kier alpha value is -1.35. The van der Waals surface area contributed by atoms with Crippen LogP contribution >= 0.6 is 0 Å². The van der Waals surface area contributed by atoms with Gasteiger partial charge in [-0.3, -0.25) is 4.79 Å². The zero-order valence-electron chi connectivity index (χ0n) is 12.0. The number of hydrogen-bond acceptors (Lipinski definition) is 3. The lowest BCUT2D eigenvalue weighted by atomic mass is 9.81. The highest BCUT2D eigenvalue weighted by atomic mass is 16.7. The average Bonchev–Trinajstić information content (AvgIpc) is 2.48. The van der Waals surface area contributed by atoms with Gasteiger partial charge in [0.1, 0.15) is 0 Å². The lowest BCUT2D eigenvalue weighted by molar-refractivity contribution is -0.194. The van der Waals surface area contributed by atoms with Crippen LogP contribution in [0.1, 0.15) is 55.6 Å². The predicted octanol–water partition coefficient (Wildman–Crippen LogP) is 3.44. The fraction of sp³-hybridized carbons (Fsp3) is 0.588. The second kappa shape index (κ2) is 6.40. The van der Waals surface area contributed by atoms with E-state index >= 15 is 0 Å². The summed E-state index contributed by atoms with van der Waals surface area (Å²) in [5, 5.41) is 1.85. The Balaban J connectivity index is 1.59. The molecule has 1 aromatic rings. The van der Waals surface area contributed by atoms with Crippen LogP contribution < -0.4 is 0 Å². The van der Waals surface area contributed by atoms with Crippen molar-refractivity contribution in [1.82, 2.24) is 5.06 Å². The number of benzene rings is 1. The van der Waals surface area contributed by atoms with E-state index in [-0.39, 0.29) is 5.97 Å². The van der Waals surface area contributed by atoms with E-state index in [1.54, 1.807) is 0 Å². The Labute approximate surface area is 120 Å². The molecule has 0 bridgehead atoms. The van der Waals surface area contributed by atoms with Crippen LogP contribution in [0.15, 0.2) is 24.3 Å². The summed E-state index contributed by atoms with van der Waals surface area (Å²) in [7, 11) is 0. The van der Waals surface area contributed by atoms with E-state index in [0.717, 1.165) is 38.8 Å². The number of hydrogen-bond donors (Lipinski definition) is 0. The van der Waals surface area contributed by atoms with Gasteiger partial charge in [-0.25, -0.2) is 0 Å². The molecule has 3 rings (SSSR count). The van der Waals surface area contributed by atoms with Crippen molar-refractivity contribution in [1.29, 1.82) is 0 Å². The third kappa shape index (κ3) is 3.21. The van der Waals surface area contributed by atoms with Crippen molar-refractivity contribution in [2.24, 2.45) is 0 Å². The van der Waals surface area contributed by atoms with Crippen molar-refractivity contribution >= 4 is 5.97 Å². The van der Waals surface area contributed by atoms with Crippen LogP contribution in [0, 0.1) is 0 Å². The van der Waals surface area contributed by atoms with Gasteiger partial charge in [-0.2, -0.15) is 0 Å². The second-order valence-electron chi connectivity index (χ2n) is 5.95. The number of piperidine rings is 1. The smallest absolute Gasteiger partial charge is 0.325 e. The molecule has 1 aliphatic heterocycles. The topological polar surface area (TPSA) is 29.5 Å². The van der Waals surface area contributed by atoms with Gasteiger partial charge in [0.25, 0.3) is 0 Å². The Bertz CT molecular complexity index is 466. The Morgan fingerprint density at radius 3 is 2.80 bits per heavy atom. The van der Waals surface area contributed by atoms with Gasteiger partial charge < -0.3 is 4.84 Å². The van der Waals surface area contributed by atoms with Gasteiger partial charge in [-0.05, 0) is 49.1 Å². The number of nitrogens with zero attached hydrogens (tertiary/aromatic N) is 1. The van der Waals surface area contributed by atoms with E-state index in [0.29, 0.717) is 12.3 Å². The van der Waals surface area contributed by atoms with Crippen LogP contribution in [0.5, 0.6) is 0 Å². The molecule has 1 unspecified atom stereocenters. The molecule has 0 amide bonds. The molecule has 108 valence electrons. The van der Waals surface area contributed by atoms with Gasteiger partial charge in [-0.15, -0.1) is 5.06 Å². The molecule has 1 heterocycles. The average molecular weight is 273 g/mol. The first-order valence-electron chi connectivity index (χ1n) is 7.86. The fourth-order valence-corrected chi connectivity index (χ4v) is 3.41. The standard InChI is InChI=1S/C17H23NO2/c19-17(20-18-11-4-1-5-12-18)13-15-9-6-8-14-7-2-3-10-16(14)15/h2-3,7,10,15H,1,4-6,8-9,11-13H2. The van der Waals surface area contributed by atoms with Gasteiger partial charge >= 0.3 is 5.97 Å². The molecule has 1 saturated heterocycles. The van der Waals surface area contributed by atoms with Crippen molar-refractivity contribution in [3.63, 3.8) is 0 Å². The summed E-state index contributed by atoms with van der Waals surface area (Å²) in [5.74, 6) is 0.283. The minimum atomic E-state index is -0.0615. The lowest BCUT2D eigenvalue weighted by Gasteiger charge is -2.28. The Morgan fingerprint density at radius 2 is 1.95 bits per heavy atom. The van der Waals surface area contributed by atoms with Crippen LogP contribution in [-0.2, 0) is 16.1 Å². The van der Waals surface area contributed by atoms with Crippen LogP contribution in [-0.4, -0.2) is 24.1 Å². The maximum Gasteiger partial charge on any atom is 0.325 e. The number of aryl methyl sites for hydroxylation is 1. The first-order valence-corrected chi connectivity index (χ1v) is 7.86. The third-order valence-corrected chi connectivity index (χ3v) is 4.45. The zero-order valence-corrected chi connectivity index (χ0v) is 12.0. The van der Waals surface area contributed by atoms with E-state index in [4.69, 9.17) is 4.84 Å². The minimum Gasteiger partial charge on any atom is -0.368 e. The van der Waals surface area contributed by atoms with Crippen LogP contribution in [0.4, 0.5) is 0 Å². The first kappa shape index (κ1) is 13.6. The molecular formula is C17H23NO2. The molecule has 1 fully saturated rings. The Kier molecular flexibility index (Phi) is 4.36. The van der Waals surface area contributed by atoms with Crippen molar-refractivity contribution in [2.45, 2.75) is 50.9 Å². The van der Waals surface area contributed by atoms with Gasteiger partial charge in [0.15, 0.2) is 0 Å². The molecule has 0 radical (unpaired) electrons. The van der Waals surface area contributed by atoms with Crippen LogP contribution in [0.2, 0.25) is 0 Å². The number of hydroxylamine groups is 2. The molecule has 1 aromatic carbocycles. The summed E-state index contributed by atoms with van der Waals surface area (Å²) in [4.78, 5) is 17.6. The molecule has 20 heavy (non-hydrogen) atoms. The summed E-state index contributed by atoms with van der Waals surface area (Å²) in [6, 6.07) is 8.53. The molecule has 0 aromatic heterocycles. The predicted molar refractivity (Wildman–Crippen MR) is 78.3 cm³/mol. The minimum absolute atomic E-state index is 0.0615. The van der Waals surface area contributed by atoms with Gasteiger partial charge in [0, 0.05) is 13.1 Å². The van der Waals surface area contributed by atoms with E-state index in [2.05, 4.69) is 24.3 Å². The van der Waals surface area contributed by atoms with E-state index in [9.17, 15) is 4.79 Å². The van der Waals surface area contributed by atoms with Crippen molar-refractivity contribution in [3.05, 3.63) is 35.4 Å². The number of rotatable bonds is 3. The molecule has 2 aliphatic rings. The maximum absolute atomic E-state index is 12.1. The molecule has 1 aliphatic carbocycles. The third-order valence-electron chi connectivity index (χ3n) is 4.45.